The molecule has 0 aliphatic carbocycles. The summed E-state index contributed by atoms with van der Waals surface area (Å²) in [5.41, 5.74) is 2.97. The molecule has 0 aliphatic heterocycles. The average molecular weight is 196 g/mol. The van der Waals surface area contributed by atoms with Gasteiger partial charge in [-0.2, -0.15) is 5.10 Å². The predicted octanol–water partition coefficient (Wildman–Crippen LogP) is 1.79. The Morgan fingerprint density at radius 3 is 2.80 bits per heavy atom. The molecule has 0 aromatic carbocycles. The van der Waals surface area contributed by atoms with E-state index in [2.05, 4.69) is 15.1 Å². The lowest BCUT2D eigenvalue weighted by Gasteiger charge is -1.96. The lowest BCUT2D eigenvalue weighted by molar-refractivity contribution is 0.939. The Hall–Kier alpha value is -2.23. The third-order valence-corrected chi connectivity index (χ3v) is 2.27. The van der Waals surface area contributed by atoms with Gasteiger partial charge in [0, 0.05) is 30.4 Å². The first kappa shape index (κ1) is 8.11. The van der Waals surface area contributed by atoms with Crippen molar-refractivity contribution in [3.05, 3.63) is 49.2 Å². The summed E-state index contributed by atoms with van der Waals surface area (Å²) in [6.07, 6.45) is 9.00. The van der Waals surface area contributed by atoms with Crippen molar-refractivity contribution >= 4 is 5.65 Å². The van der Waals surface area contributed by atoms with Crippen LogP contribution in [-0.2, 0) is 0 Å². The molecule has 0 saturated carbocycles. The minimum atomic E-state index is 0.865. The maximum absolute atomic E-state index is 4.30. The van der Waals surface area contributed by atoms with Gasteiger partial charge in [0.2, 0.25) is 0 Å². The third-order valence-electron chi connectivity index (χ3n) is 2.27. The molecule has 0 fully saturated rings. The van der Waals surface area contributed by atoms with Crippen LogP contribution in [0.5, 0.6) is 0 Å². The second-order valence-electron chi connectivity index (χ2n) is 3.18. The lowest BCUT2D eigenvalue weighted by atomic mass is 10.1. The minimum Gasteiger partial charge on any atom is -0.265 e. The topological polar surface area (TPSA) is 43.1 Å². The predicted molar refractivity (Wildman–Crippen MR) is 56.2 cm³/mol. The first-order valence-electron chi connectivity index (χ1n) is 4.64. The zero-order valence-electron chi connectivity index (χ0n) is 7.91. The van der Waals surface area contributed by atoms with Gasteiger partial charge in [0.1, 0.15) is 0 Å². The van der Waals surface area contributed by atoms with E-state index in [1.807, 2.05) is 30.6 Å². The monoisotopic (exact) mass is 196 g/mol. The van der Waals surface area contributed by atoms with Crippen molar-refractivity contribution in [2.75, 3.05) is 0 Å². The van der Waals surface area contributed by atoms with E-state index in [4.69, 9.17) is 0 Å². The number of nitrogens with zero attached hydrogens (tertiary/aromatic N) is 4. The molecule has 0 saturated heterocycles. The Morgan fingerprint density at radius 1 is 1.07 bits per heavy atom. The number of pyridine rings is 1. The molecule has 3 rings (SSSR count). The summed E-state index contributed by atoms with van der Waals surface area (Å²) in [6, 6.07) is 5.76. The quantitative estimate of drug-likeness (QED) is 0.596. The number of fused-ring (bicyclic) bond motifs is 1. The van der Waals surface area contributed by atoms with Crippen LogP contribution in [0.15, 0.2) is 49.2 Å². The molecule has 3 heterocycles. The van der Waals surface area contributed by atoms with Gasteiger partial charge in [-0.15, -0.1) is 0 Å². The van der Waals surface area contributed by atoms with Crippen molar-refractivity contribution in [3.63, 3.8) is 0 Å². The van der Waals surface area contributed by atoms with Crippen LogP contribution in [0, 0.1) is 0 Å². The highest BCUT2D eigenvalue weighted by Gasteiger charge is 2.05. The molecule has 3 aromatic heterocycles. The van der Waals surface area contributed by atoms with Gasteiger partial charge in [0.05, 0.1) is 6.20 Å². The van der Waals surface area contributed by atoms with Gasteiger partial charge >= 0.3 is 0 Å². The maximum Gasteiger partial charge on any atom is 0.162 e. The van der Waals surface area contributed by atoms with E-state index in [9.17, 15) is 0 Å². The molecule has 0 aliphatic rings. The first-order chi connectivity index (χ1) is 7.45. The first-order valence-corrected chi connectivity index (χ1v) is 4.64. The summed E-state index contributed by atoms with van der Waals surface area (Å²) in [5.74, 6) is 0. The van der Waals surface area contributed by atoms with Crippen molar-refractivity contribution in [1.29, 1.82) is 0 Å². The standard InChI is InChI=1S/C11H8N4/c1-4-13-11-10(8-14-15(11)7-1)9-2-5-12-6-3-9/h1-8H. The highest BCUT2D eigenvalue weighted by molar-refractivity contribution is 5.76. The van der Waals surface area contributed by atoms with Gasteiger partial charge in [-0.1, -0.05) is 0 Å². The fraction of sp³-hybridized carbons (Fsp3) is 0. The fourth-order valence-corrected chi connectivity index (χ4v) is 1.56. The van der Waals surface area contributed by atoms with Gasteiger partial charge in [0.25, 0.3) is 0 Å². The lowest BCUT2D eigenvalue weighted by Crippen LogP contribution is -1.87. The van der Waals surface area contributed by atoms with E-state index in [0.717, 1.165) is 16.8 Å². The highest BCUT2D eigenvalue weighted by atomic mass is 15.2. The Bertz CT molecular complexity index is 586. The smallest absolute Gasteiger partial charge is 0.162 e. The van der Waals surface area contributed by atoms with Crippen LogP contribution in [0.4, 0.5) is 0 Å². The van der Waals surface area contributed by atoms with Gasteiger partial charge in [-0.05, 0) is 23.8 Å². The van der Waals surface area contributed by atoms with Crippen molar-refractivity contribution in [2.24, 2.45) is 0 Å². The summed E-state index contributed by atoms with van der Waals surface area (Å²) >= 11 is 0. The molecule has 15 heavy (non-hydrogen) atoms. The summed E-state index contributed by atoms with van der Waals surface area (Å²) in [5, 5.41) is 4.23. The zero-order chi connectivity index (χ0) is 10.1. The molecule has 0 unspecified atom stereocenters. The van der Waals surface area contributed by atoms with E-state index in [0.29, 0.717) is 0 Å². The highest BCUT2D eigenvalue weighted by Crippen LogP contribution is 2.21. The average Bonchev–Trinajstić information content (AvgIpc) is 2.74. The Balaban J connectivity index is 2.28. The van der Waals surface area contributed by atoms with Crippen LogP contribution in [0.25, 0.3) is 16.8 Å². The van der Waals surface area contributed by atoms with E-state index in [1.54, 1.807) is 23.1 Å². The molecule has 4 nitrogen and oxygen atoms in total. The molecule has 0 bridgehead atoms. The van der Waals surface area contributed by atoms with Crippen LogP contribution in [0.3, 0.4) is 0 Å². The van der Waals surface area contributed by atoms with Crippen LogP contribution in [-0.4, -0.2) is 19.6 Å². The third kappa shape index (κ3) is 1.27. The number of rotatable bonds is 1. The zero-order valence-corrected chi connectivity index (χ0v) is 7.91. The van der Waals surface area contributed by atoms with E-state index in [1.165, 1.54) is 0 Å². The Kier molecular flexibility index (Phi) is 1.71. The van der Waals surface area contributed by atoms with Gasteiger partial charge in [-0.25, -0.2) is 9.50 Å². The van der Waals surface area contributed by atoms with Crippen LogP contribution < -0.4 is 0 Å². The summed E-state index contributed by atoms with van der Waals surface area (Å²) in [7, 11) is 0. The Morgan fingerprint density at radius 2 is 1.93 bits per heavy atom. The van der Waals surface area contributed by atoms with Crippen LogP contribution >= 0.6 is 0 Å². The molecule has 0 radical (unpaired) electrons. The fourth-order valence-electron chi connectivity index (χ4n) is 1.56. The number of hydrogen-bond acceptors (Lipinski definition) is 3. The number of hydrogen-bond donors (Lipinski definition) is 0. The Labute approximate surface area is 86.2 Å². The normalized spacial score (nSPS) is 10.7. The molecule has 0 N–H and O–H groups in total. The summed E-state index contributed by atoms with van der Waals surface area (Å²) in [4.78, 5) is 8.29. The molecule has 3 aromatic rings. The van der Waals surface area contributed by atoms with E-state index < -0.39 is 0 Å². The van der Waals surface area contributed by atoms with Crippen LogP contribution in [0.2, 0.25) is 0 Å². The van der Waals surface area contributed by atoms with E-state index in [-0.39, 0.29) is 0 Å². The molecular weight excluding hydrogens is 188 g/mol. The maximum atomic E-state index is 4.30. The van der Waals surface area contributed by atoms with Gasteiger partial charge in [0.15, 0.2) is 5.65 Å². The second kappa shape index (κ2) is 3.16. The van der Waals surface area contributed by atoms with Crippen molar-refractivity contribution in [3.8, 4) is 11.1 Å². The summed E-state index contributed by atoms with van der Waals surface area (Å²) < 4.78 is 1.76. The van der Waals surface area contributed by atoms with Crippen molar-refractivity contribution in [2.45, 2.75) is 0 Å². The molecule has 0 amide bonds. The van der Waals surface area contributed by atoms with E-state index >= 15 is 0 Å². The minimum absolute atomic E-state index is 0.865. The second-order valence-corrected chi connectivity index (χ2v) is 3.18. The van der Waals surface area contributed by atoms with Crippen LogP contribution in [0.1, 0.15) is 0 Å². The molecule has 4 heteroatoms. The largest absolute Gasteiger partial charge is 0.265 e. The molecule has 0 spiro atoms. The van der Waals surface area contributed by atoms with Gasteiger partial charge in [-0.3, -0.25) is 4.98 Å². The molecular formula is C11H8N4. The van der Waals surface area contributed by atoms with Crippen molar-refractivity contribution < 1.29 is 0 Å². The SMILES string of the molecule is c1cnc2c(-c3ccncc3)cnn2c1. The summed E-state index contributed by atoms with van der Waals surface area (Å²) in [6.45, 7) is 0. The van der Waals surface area contributed by atoms with Crippen molar-refractivity contribution in [1.82, 2.24) is 19.6 Å². The molecule has 0 atom stereocenters. The molecule has 72 valence electrons. The number of aromatic nitrogens is 4. The van der Waals surface area contributed by atoms with Gasteiger partial charge < -0.3 is 0 Å².